The molecule has 2 unspecified atom stereocenters. The van der Waals surface area contributed by atoms with Crippen molar-refractivity contribution < 1.29 is 19.4 Å². The highest BCUT2D eigenvalue weighted by Gasteiger charge is 2.45. The van der Waals surface area contributed by atoms with E-state index in [2.05, 4.69) is 65.4 Å². The number of allylic oxidation sites excluding steroid dienone is 2. The Balaban J connectivity index is 1.19. The largest absolute Gasteiger partial charge is 0.481 e. The number of anilines is 1. The molecule has 1 aliphatic carbocycles. The predicted octanol–water partition coefficient (Wildman–Crippen LogP) is 6.41. The molecule has 0 spiro atoms. The SMILES string of the molecule is Cc1ccccc1C1=CC=CC(Nc2nccc3cc(CN4CC[C@@](C)(C(=O)O)C4)cnc23)(c2nc3cc(CN4CC[C@@H](O)C4)cc(C#N)c3o2)C1C. The second-order valence-corrected chi connectivity index (χ2v) is 15.2. The van der Waals surface area contributed by atoms with Crippen LogP contribution in [0.4, 0.5) is 5.82 Å². The number of aryl methyl sites for hydroxylation is 1. The van der Waals surface area contributed by atoms with Crippen molar-refractivity contribution in [2.45, 2.75) is 58.3 Å². The molecule has 53 heavy (non-hydrogen) atoms. The summed E-state index contributed by atoms with van der Waals surface area (Å²) in [5.74, 6) is 0.0106. The summed E-state index contributed by atoms with van der Waals surface area (Å²) >= 11 is 0. The topological polar surface area (TPSA) is 152 Å². The van der Waals surface area contributed by atoms with Crippen molar-refractivity contribution in [2.75, 3.05) is 31.5 Å². The van der Waals surface area contributed by atoms with Crippen molar-refractivity contribution in [3.05, 3.63) is 113 Å². The number of aliphatic hydroxyl groups is 1. The van der Waals surface area contributed by atoms with E-state index in [9.17, 15) is 20.3 Å². The van der Waals surface area contributed by atoms with Gasteiger partial charge in [0.15, 0.2) is 11.4 Å². The molecule has 3 aromatic heterocycles. The van der Waals surface area contributed by atoms with Gasteiger partial charge in [-0.05, 0) is 91.4 Å². The van der Waals surface area contributed by atoms with Crippen molar-refractivity contribution >= 4 is 39.4 Å². The molecule has 270 valence electrons. The standard InChI is InChI=1S/C42H43N7O4/c1-26-7-4-5-8-33(26)34-9-6-12-42(27(34)2,39-46-35-19-28(17-31(20-43)37(35)53-39)22-48-15-11-32(50)24-48)47-38-36-30(10-14-44-38)18-29(21-45-36)23-49-16-13-41(3,25-49)40(51)52/h4-10,12,14,17-19,21,27,32,50H,11,13,15-16,22-25H2,1-3H3,(H,44,47)(H,51,52)/t27?,32-,41-,42?/m1/s1. The van der Waals surface area contributed by atoms with Crippen LogP contribution in [0.2, 0.25) is 0 Å². The summed E-state index contributed by atoms with van der Waals surface area (Å²) in [6.07, 6.45) is 10.8. The predicted molar refractivity (Wildman–Crippen MR) is 203 cm³/mol. The Hall–Kier alpha value is -5.41. The maximum absolute atomic E-state index is 11.8. The van der Waals surface area contributed by atoms with Crippen molar-refractivity contribution in [1.82, 2.24) is 24.8 Å². The third-order valence-corrected chi connectivity index (χ3v) is 11.4. The van der Waals surface area contributed by atoms with Crippen molar-refractivity contribution in [3.8, 4) is 6.07 Å². The zero-order valence-electron chi connectivity index (χ0n) is 30.2. The first kappa shape index (κ1) is 34.7. The first-order valence-electron chi connectivity index (χ1n) is 18.2. The number of rotatable bonds is 9. The molecular formula is C42H43N7O4. The summed E-state index contributed by atoms with van der Waals surface area (Å²) in [5, 5.41) is 34.7. The monoisotopic (exact) mass is 709 g/mol. The van der Waals surface area contributed by atoms with Gasteiger partial charge >= 0.3 is 5.97 Å². The lowest BCUT2D eigenvalue weighted by Crippen LogP contribution is -2.42. The number of carboxylic acids is 1. The van der Waals surface area contributed by atoms with Crippen LogP contribution in [0.15, 0.2) is 83.6 Å². The summed E-state index contributed by atoms with van der Waals surface area (Å²) in [4.78, 5) is 31.0. The van der Waals surface area contributed by atoms with Gasteiger partial charge in [-0.3, -0.25) is 19.6 Å². The van der Waals surface area contributed by atoms with Crippen LogP contribution in [0.25, 0.3) is 27.6 Å². The van der Waals surface area contributed by atoms with Gasteiger partial charge in [-0.2, -0.15) is 5.26 Å². The number of likely N-dealkylation sites (tertiary alicyclic amines) is 2. The number of carboxylic acid groups (broad SMARTS) is 1. The molecule has 5 heterocycles. The van der Waals surface area contributed by atoms with Crippen LogP contribution >= 0.6 is 0 Å². The second-order valence-electron chi connectivity index (χ2n) is 15.2. The molecule has 0 bridgehead atoms. The maximum atomic E-state index is 11.8. The Bertz CT molecular complexity index is 2340. The molecule has 2 fully saturated rings. The van der Waals surface area contributed by atoms with Gasteiger partial charge in [-0.15, -0.1) is 0 Å². The molecule has 0 radical (unpaired) electrons. The molecule has 0 amide bonds. The molecule has 8 rings (SSSR count). The number of aliphatic carboxylic acids is 1. The lowest BCUT2D eigenvalue weighted by molar-refractivity contribution is -0.147. The van der Waals surface area contributed by atoms with E-state index in [4.69, 9.17) is 19.4 Å². The molecule has 5 aromatic rings. The molecule has 2 aromatic carbocycles. The number of nitriles is 1. The zero-order chi connectivity index (χ0) is 36.9. The average Bonchev–Trinajstić information content (AvgIpc) is 3.88. The van der Waals surface area contributed by atoms with Crippen LogP contribution < -0.4 is 5.32 Å². The van der Waals surface area contributed by atoms with Crippen molar-refractivity contribution in [2.24, 2.45) is 11.3 Å². The molecular weight excluding hydrogens is 667 g/mol. The molecule has 3 N–H and O–H groups in total. The minimum atomic E-state index is -1.02. The van der Waals surface area contributed by atoms with Gasteiger partial charge in [-0.1, -0.05) is 43.3 Å². The smallest absolute Gasteiger partial charge is 0.310 e. The van der Waals surface area contributed by atoms with Crippen LogP contribution in [0.5, 0.6) is 0 Å². The van der Waals surface area contributed by atoms with Crippen LogP contribution in [0.3, 0.4) is 0 Å². The Kier molecular flexibility index (Phi) is 8.85. The van der Waals surface area contributed by atoms with E-state index >= 15 is 0 Å². The number of aliphatic hydroxyl groups excluding tert-OH is 1. The van der Waals surface area contributed by atoms with E-state index in [0.29, 0.717) is 73.0 Å². The van der Waals surface area contributed by atoms with Gasteiger partial charge < -0.3 is 19.9 Å². The quantitative estimate of drug-likeness (QED) is 0.156. The maximum Gasteiger partial charge on any atom is 0.310 e. The number of nitrogens with one attached hydrogen (secondary N) is 1. The van der Waals surface area contributed by atoms with Gasteiger partial charge in [0.2, 0.25) is 5.89 Å². The summed E-state index contributed by atoms with van der Waals surface area (Å²) in [7, 11) is 0. The minimum absolute atomic E-state index is 0.201. The van der Waals surface area contributed by atoms with E-state index < -0.39 is 16.9 Å². The van der Waals surface area contributed by atoms with E-state index in [-0.39, 0.29) is 12.0 Å². The first-order chi connectivity index (χ1) is 25.5. The van der Waals surface area contributed by atoms with E-state index in [1.54, 1.807) is 6.20 Å². The Morgan fingerprint density at radius 1 is 1.11 bits per heavy atom. The number of hydrogen-bond acceptors (Lipinski definition) is 10. The van der Waals surface area contributed by atoms with Gasteiger partial charge in [-0.25, -0.2) is 9.97 Å². The van der Waals surface area contributed by atoms with Crippen LogP contribution in [-0.4, -0.2) is 73.2 Å². The molecule has 11 nitrogen and oxygen atoms in total. The van der Waals surface area contributed by atoms with Crippen LogP contribution in [-0.2, 0) is 23.4 Å². The number of β-amino-alcohol motifs (C(OH)–C–C–N with tert-alkyl or cyclic N) is 1. The van der Waals surface area contributed by atoms with Crippen molar-refractivity contribution in [1.29, 1.82) is 5.26 Å². The summed E-state index contributed by atoms with van der Waals surface area (Å²) in [5.41, 5.74) is 5.66. The van der Waals surface area contributed by atoms with Crippen molar-refractivity contribution in [3.63, 3.8) is 0 Å². The minimum Gasteiger partial charge on any atom is -0.481 e. The molecule has 4 atom stereocenters. The number of oxazole rings is 1. The molecule has 11 heteroatoms. The van der Waals surface area contributed by atoms with Gasteiger partial charge in [0.25, 0.3) is 0 Å². The fourth-order valence-corrected chi connectivity index (χ4v) is 8.28. The fraction of sp³-hybridized carbons (Fsp3) is 0.357. The normalized spacial score (nSPS) is 24.8. The number of hydrogen-bond donors (Lipinski definition) is 3. The van der Waals surface area contributed by atoms with Crippen LogP contribution in [0, 0.1) is 29.6 Å². The van der Waals surface area contributed by atoms with E-state index in [0.717, 1.165) is 46.2 Å². The summed E-state index contributed by atoms with van der Waals surface area (Å²) < 4.78 is 6.65. The highest BCUT2D eigenvalue weighted by Crippen LogP contribution is 2.46. The van der Waals surface area contributed by atoms with E-state index in [1.165, 1.54) is 0 Å². The Morgan fingerprint density at radius 3 is 2.70 bits per heavy atom. The van der Waals surface area contributed by atoms with Crippen LogP contribution in [0.1, 0.15) is 60.4 Å². The Morgan fingerprint density at radius 2 is 1.94 bits per heavy atom. The first-order valence-corrected chi connectivity index (χ1v) is 18.2. The number of nitrogens with zero attached hydrogens (tertiary/aromatic N) is 6. The molecule has 3 aliphatic rings. The van der Waals surface area contributed by atoms with Gasteiger partial charge in [0.05, 0.1) is 17.1 Å². The number of fused-ring (bicyclic) bond motifs is 2. The highest BCUT2D eigenvalue weighted by molar-refractivity contribution is 5.89. The third-order valence-electron chi connectivity index (χ3n) is 11.4. The number of aromatic nitrogens is 3. The third kappa shape index (κ3) is 6.37. The number of benzene rings is 2. The lowest BCUT2D eigenvalue weighted by atomic mass is 9.73. The van der Waals surface area contributed by atoms with E-state index in [1.807, 2.05) is 49.5 Å². The van der Waals surface area contributed by atoms with Gasteiger partial charge in [0.1, 0.15) is 22.6 Å². The average molecular weight is 710 g/mol. The van der Waals surface area contributed by atoms with Gasteiger partial charge in [0, 0.05) is 56.4 Å². The zero-order valence-corrected chi connectivity index (χ0v) is 30.2. The molecule has 2 saturated heterocycles. The highest BCUT2D eigenvalue weighted by atomic mass is 16.4. The second kappa shape index (κ2) is 13.5. The fourth-order valence-electron chi connectivity index (χ4n) is 8.28. The molecule has 0 saturated carbocycles. The Labute approximate surface area is 308 Å². The number of carbonyl (C=O) groups is 1. The summed E-state index contributed by atoms with van der Waals surface area (Å²) in [6.45, 7) is 9.88. The number of pyridine rings is 2. The lowest BCUT2D eigenvalue weighted by Gasteiger charge is -2.39. The summed E-state index contributed by atoms with van der Waals surface area (Å²) in [6, 6.07) is 18.5. The molecule has 2 aliphatic heterocycles.